The number of para-hydroxylation sites is 1. The van der Waals surface area contributed by atoms with Gasteiger partial charge >= 0.3 is 0 Å². The Hall–Kier alpha value is -1.84. The fraction of sp³-hybridized carbons (Fsp3) is 0.273. The first-order valence-electron chi connectivity index (χ1n) is 4.61. The molecular weight excluding hydrogens is 194 g/mol. The van der Waals surface area contributed by atoms with Crippen molar-refractivity contribution in [3.8, 4) is 5.75 Å². The molecule has 0 aliphatic heterocycles. The first-order chi connectivity index (χ1) is 7.02. The van der Waals surface area contributed by atoms with Gasteiger partial charge in [0.15, 0.2) is 5.78 Å². The summed E-state index contributed by atoms with van der Waals surface area (Å²) in [5.74, 6) is -0.666. The van der Waals surface area contributed by atoms with Crippen molar-refractivity contribution in [3.05, 3.63) is 29.8 Å². The summed E-state index contributed by atoms with van der Waals surface area (Å²) in [5.41, 5.74) is 0.172. The molecule has 0 aromatic heterocycles. The number of hydrogen-bond acceptors (Lipinski definition) is 3. The highest BCUT2D eigenvalue weighted by atomic mass is 16.3. The van der Waals surface area contributed by atoms with E-state index in [1.807, 2.05) is 0 Å². The monoisotopic (exact) mass is 207 g/mol. The van der Waals surface area contributed by atoms with E-state index < -0.39 is 11.9 Å². The summed E-state index contributed by atoms with van der Waals surface area (Å²) in [6, 6.07) is 5.65. The van der Waals surface area contributed by atoms with E-state index in [9.17, 15) is 14.7 Å². The van der Waals surface area contributed by atoms with Gasteiger partial charge in [0.25, 0.3) is 5.91 Å². The van der Waals surface area contributed by atoms with Crippen molar-refractivity contribution in [3.63, 3.8) is 0 Å². The van der Waals surface area contributed by atoms with Crippen LogP contribution in [0.5, 0.6) is 5.75 Å². The van der Waals surface area contributed by atoms with Gasteiger partial charge < -0.3 is 10.4 Å². The Balaban J connectivity index is 2.78. The minimum Gasteiger partial charge on any atom is -0.507 e. The number of ketones is 1. The summed E-state index contributed by atoms with van der Waals surface area (Å²) in [6.45, 7) is 3.00. The molecule has 15 heavy (non-hydrogen) atoms. The maximum absolute atomic E-state index is 11.6. The smallest absolute Gasteiger partial charge is 0.255 e. The topological polar surface area (TPSA) is 66.4 Å². The molecule has 1 aromatic carbocycles. The zero-order valence-electron chi connectivity index (χ0n) is 8.65. The molecular formula is C11H13NO3. The highest BCUT2D eigenvalue weighted by molar-refractivity contribution is 5.99. The Bertz CT molecular complexity index is 387. The zero-order valence-corrected chi connectivity index (χ0v) is 8.65. The van der Waals surface area contributed by atoms with Crippen LogP contribution < -0.4 is 5.32 Å². The molecule has 0 bridgehead atoms. The van der Waals surface area contributed by atoms with Crippen LogP contribution in [0.4, 0.5) is 0 Å². The first-order valence-corrected chi connectivity index (χ1v) is 4.61. The van der Waals surface area contributed by atoms with Crippen molar-refractivity contribution >= 4 is 11.7 Å². The van der Waals surface area contributed by atoms with Crippen molar-refractivity contribution in [2.24, 2.45) is 0 Å². The van der Waals surface area contributed by atoms with Gasteiger partial charge in [-0.2, -0.15) is 0 Å². The Labute approximate surface area is 87.9 Å². The summed E-state index contributed by atoms with van der Waals surface area (Å²) < 4.78 is 0. The molecule has 1 atom stereocenters. The van der Waals surface area contributed by atoms with E-state index in [2.05, 4.69) is 5.32 Å². The molecule has 1 aromatic rings. The number of nitrogens with one attached hydrogen (secondary N) is 1. The van der Waals surface area contributed by atoms with Crippen molar-refractivity contribution < 1.29 is 14.7 Å². The summed E-state index contributed by atoms with van der Waals surface area (Å²) >= 11 is 0. The predicted octanol–water partition coefficient (Wildman–Crippen LogP) is 1.10. The number of Topliss-reactive ketones (excluding diaryl/α,β-unsaturated/α-hetero) is 1. The van der Waals surface area contributed by atoms with Crippen molar-refractivity contribution in [2.75, 3.05) is 0 Å². The van der Waals surface area contributed by atoms with Crippen LogP contribution in [-0.4, -0.2) is 22.8 Å². The van der Waals surface area contributed by atoms with Gasteiger partial charge in [-0.1, -0.05) is 12.1 Å². The Morgan fingerprint density at radius 1 is 1.33 bits per heavy atom. The predicted molar refractivity (Wildman–Crippen MR) is 55.7 cm³/mol. The second-order valence-electron chi connectivity index (χ2n) is 3.32. The van der Waals surface area contributed by atoms with Crippen molar-refractivity contribution in [1.82, 2.24) is 5.32 Å². The summed E-state index contributed by atoms with van der Waals surface area (Å²) in [4.78, 5) is 22.5. The molecule has 1 unspecified atom stereocenters. The number of rotatable bonds is 3. The molecule has 0 saturated carbocycles. The van der Waals surface area contributed by atoms with Crippen LogP contribution in [0.2, 0.25) is 0 Å². The van der Waals surface area contributed by atoms with E-state index in [1.165, 1.54) is 19.1 Å². The number of phenolic OH excluding ortho intramolecular Hbond substituents is 1. The molecule has 1 rings (SSSR count). The summed E-state index contributed by atoms with van der Waals surface area (Å²) in [7, 11) is 0. The number of carbonyl (C=O) groups excluding carboxylic acids is 2. The van der Waals surface area contributed by atoms with Gasteiger partial charge in [0.2, 0.25) is 0 Å². The number of benzene rings is 1. The second-order valence-corrected chi connectivity index (χ2v) is 3.32. The standard InChI is InChI=1S/C11H13NO3/c1-7(8(2)13)12-11(15)9-5-3-4-6-10(9)14/h3-7,14H,1-2H3,(H,12,15). The van der Waals surface area contributed by atoms with Crippen molar-refractivity contribution in [2.45, 2.75) is 19.9 Å². The van der Waals surface area contributed by atoms with Gasteiger partial charge in [0, 0.05) is 0 Å². The molecule has 0 fully saturated rings. The normalized spacial score (nSPS) is 11.9. The Morgan fingerprint density at radius 3 is 2.47 bits per heavy atom. The van der Waals surface area contributed by atoms with Gasteiger partial charge in [-0.3, -0.25) is 9.59 Å². The molecule has 1 amide bonds. The minimum atomic E-state index is -0.544. The number of phenols is 1. The average molecular weight is 207 g/mol. The van der Waals surface area contributed by atoms with Gasteiger partial charge in [0.1, 0.15) is 5.75 Å². The Morgan fingerprint density at radius 2 is 1.93 bits per heavy atom. The third kappa shape index (κ3) is 2.80. The minimum absolute atomic E-state index is 0.0919. The number of aromatic hydroxyl groups is 1. The van der Waals surface area contributed by atoms with E-state index in [0.29, 0.717) is 0 Å². The maximum atomic E-state index is 11.6. The third-order valence-electron chi connectivity index (χ3n) is 2.11. The zero-order chi connectivity index (χ0) is 11.4. The fourth-order valence-corrected chi connectivity index (χ4v) is 1.04. The largest absolute Gasteiger partial charge is 0.507 e. The lowest BCUT2D eigenvalue weighted by molar-refractivity contribution is -0.118. The molecule has 4 heteroatoms. The van der Waals surface area contributed by atoms with E-state index in [1.54, 1.807) is 19.1 Å². The van der Waals surface area contributed by atoms with Crippen LogP contribution in [0, 0.1) is 0 Å². The highest BCUT2D eigenvalue weighted by Gasteiger charge is 2.14. The molecule has 0 spiro atoms. The van der Waals surface area contributed by atoms with Crippen LogP contribution in [0.25, 0.3) is 0 Å². The van der Waals surface area contributed by atoms with Gasteiger partial charge in [-0.05, 0) is 26.0 Å². The van der Waals surface area contributed by atoms with Crippen LogP contribution in [-0.2, 0) is 4.79 Å². The molecule has 2 N–H and O–H groups in total. The summed E-state index contributed by atoms with van der Waals surface area (Å²) in [5, 5.41) is 11.9. The first kappa shape index (κ1) is 11.2. The lowest BCUT2D eigenvalue weighted by Crippen LogP contribution is -2.37. The molecule has 0 saturated heterocycles. The lowest BCUT2D eigenvalue weighted by atomic mass is 10.1. The van der Waals surface area contributed by atoms with Crippen LogP contribution in [0.3, 0.4) is 0 Å². The molecule has 0 aliphatic rings. The van der Waals surface area contributed by atoms with E-state index in [-0.39, 0.29) is 17.1 Å². The molecule has 0 radical (unpaired) electrons. The Kier molecular flexibility index (Phi) is 3.44. The highest BCUT2D eigenvalue weighted by Crippen LogP contribution is 2.15. The van der Waals surface area contributed by atoms with Gasteiger partial charge in [-0.15, -0.1) is 0 Å². The van der Waals surface area contributed by atoms with E-state index in [4.69, 9.17) is 0 Å². The molecule has 0 heterocycles. The van der Waals surface area contributed by atoms with Crippen molar-refractivity contribution in [1.29, 1.82) is 0 Å². The second kappa shape index (κ2) is 4.59. The third-order valence-corrected chi connectivity index (χ3v) is 2.11. The van der Waals surface area contributed by atoms with Gasteiger partial charge in [0.05, 0.1) is 11.6 Å². The number of amides is 1. The fourth-order valence-electron chi connectivity index (χ4n) is 1.04. The summed E-state index contributed by atoms with van der Waals surface area (Å²) in [6.07, 6.45) is 0. The SMILES string of the molecule is CC(=O)C(C)NC(=O)c1ccccc1O. The number of hydrogen-bond donors (Lipinski definition) is 2. The van der Waals surface area contributed by atoms with Crippen LogP contribution >= 0.6 is 0 Å². The number of carbonyl (C=O) groups is 2. The lowest BCUT2D eigenvalue weighted by Gasteiger charge is -2.10. The van der Waals surface area contributed by atoms with Gasteiger partial charge in [-0.25, -0.2) is 0 Å². The maximum Gasteiger partial charge on any atom is 0.255 e. The van der Waals surface area contributed by atoms with E-state index >= 15 is 0 Å². The van der Waals surface area contributed by atoms with E-state index in [0.717, 1.165) is 0 Å². The quantitative estimate of drug-likeness (QED) is 0.780. The molecule has 80 valence electrons. The molecule has 4 nitrogen and oxygen atoms in total. The van der Waals surface area contributed by atoms with Crippen LogP contribution in [0.1, 0.15) is 24.2 Å². The molecule has 0 aliphatic carbocycles. The van der Waals surface area contributed by atoms with Crippen LogP contribution in [0.15, 0.2) is 24.3 Å². The average Bonchev–Trinajstić information content (AvgIpc) is 2.18.